The van der Waals surface area contributed by atoms with E-state index in [0.29, 0.717) is 13.0 Å². The Balaban J connectivity index is 2.03. The van der Waals surface area contributed by atoms with E-state index in [0.717, 1.165) is 6.42 Å². The molecule has 2 heterocycles. The van der Waals surface area contributed by atoms with Gasteiger partial charge in [-0.05, 0) is 0 Å². The van der Waals surface area contributed by atoms with Crippen molar-refractivity contribution in [2.45, 2.75) is 31.3 Å². The normalized spacial score (nSPS) is 49.7. The van der Waals surface area contributed by atoms with Crippen molar-refractivity contribution in [1.29, 1.82) is 0 Å². The van der Waals surface area contributed by atoms with Crippen molar-refractivity contribution < 1.29 is 14.6 Å². The minimum atomic E-state index is -0.198. The molecule has 3 heteroatoms. The van der Waals surface area contributed by atoms with Crippen LogP contribution >= 0.6 is 0 Å². The maximum atomic E-state index is 9.13. The van der Waals surface area contributed by atoms with Crippen LogP contribution in [0.15, 0.2) is 0 Å². The molecule has 0 amide bonds. The fourth-order valence-corrected chi connectivity index (χ4v) is 1.38. The highest BCUT2D eigenvalue weighted by molar-refractivity contribution is 4.77. The van der Waals surface area contributed by atoms with E-state index in [2.05, 4.69) is 0 Å². The van der Waals surface area contributed by atoms with E-state index in [4.69, 9.17) is 14.6 Å². The summed E-state index contributed by atoms with van der Waals surface area (Å²) >= 11 is 0. The minimum Gasteiger partial charge on any atom is -0.393 e. The second-order valence-electron chi connectivity index (χ2n) is 2.65. The maximum Gasteiger partial charge on any atom is 0.160 e. The van der Waals surface area contributed by atoms with Gasteiger partial charge >= 0.3 is 0 Å². The molecule has 9 heavy (non-hydrogen) atoms. The number of ether oxygens (including phenoxy) is 2. The SMILES string of the molecule is OC1CC2COC(C1)O2. The van der Waals surface area contributed by atoms with Crippen molar-refractivity contribution in [2.24, 2.45) is 0 Å². The highest BCUT2D eigenvalue weighted by Gasteiger charge is 2.34. The Labute approximate surface area is 53.6 Å². The Morgan fingerprint density at radius 1 is 1.33 bits per heavy atom. The van der Waals surface area contributed by atoms with Crippen molar-refractivity contribution in [1.82, 2.24) is 0 Å². The van der Waals surface area contributed by atoms with Crippen LogP contribution in [0.1, 0.15) is 12.8 Å². The predicted octanol–water partition coefficient (Wildman–Crippen LogP) is -0.117. The summed E-state index contributed by atoms with van der Waals surface area (Å²) in [4.78, 5) is 0. The first-order valence-electron chi connectivity index (χ1n) is 3.30. The zero-order valence-electron chi connectivity index (χ0n) is 5.12. The van der Waals surface area contributed by atoms with Gasteiger partial charge < -0.3 is 14.6 Å². The summed E-state index contributed by atoms with van der Waals surface area (Å²) in [5, 5.41) is 9.13. The van der Waals surface area contributed by atoms with Crippen LogP contribution in [-0.2, 0) is 9.47 Å². The Kier molecular flexibility index (Phi) is 1.22. The number of hydrogen-bond acceptors (Lipinski definition) is 3. The average molecular weight is 130 g/mol. The molecule has 2 rings (SSSR count). The third-order valence-corrected chi connectivity index (χ3v) is 1.81. The van der Waals surface area contributed by atoms with E-state index in [-0.39, 0.29) is 18.5 Å². The van der Waals surface area contributed by atoms with Crippen LogP contribution in [0.2, 0.25) is 0 Å². The molecule has 2 aliphatic heterocycles. The van der Waals surface area contributed by atoms with Crippen molar-refractivity contribution in [2.75, 3.05) is 6.61 Å². The van der Waals surface area contributed by atoms with E-state index >= 15 is 0 Å². The lowest BCUT2D eigenvalue weighted by Crippen LogP contribution is -2.28. The molecule has 2 saturated heterocycles. The first-order valence-corrected chi connectivity index (χ1v) is 3.30. The molecular weight excluding hydrogens is 120 g/mol. The number of fused-ring (bicyclic) bond motifs is 2. The van der Waals surface area contributed by atoms with Gasteiger partial charge in [0.15, 0.2) is 6.29 Å². The van der Waals surface area contributed by atoms with Gasteiger partial charge in [0.1, 0.15) is 0 Å². The maximum absolute atomic E-state index is 9.13. The van der Waals surface area contributed by atoms with Crippen LogP contribution in [0, 0.1) is 0 Å². The molecule has 0 aromatic carbocycles. The van der Waals surface area contributed by atoms with Crippen LogP contribution in [0.5, 0.6) is 0 Å². The fraction of sp³-hybridized carbons (Fsp3) is 1.00. The first-order chi connectivity index (χ1) is 4.34. The van der Waals surface area contributed by atoms with E-state index in [9.17, 15) is 0 Å². The standard InChI is InChI=1S/C6H10O3/c7-4-1-5-3-8-6(2-4)9-5/h4-7H,1-3H2. The zero-order valence-corrected chi connectivity index (χ0v) is 5.12. The van der Waals surface area contributed by atoms with Gasteiger partial charge in [-0.1, -0.05) is 0 Å². The van der Waals surface area contributed by atoms with Gasteiger partial charge in [-0.25, -0.2) is 0 Å². The summed E-state index contributed by atoms with van der Waals surface area (Å²) in [6.07, 6.45) is 1.25. The molecule has 0 spiro atoms. The highest BCUT2D eigenvalue weighted by Crippen LogP contribution is 2.26. The van der Waals surface area contributed by atoms with Gasteiger partial charge in [-0.2, -0.15) is 0 Å². The molecule has 0 aromatic heterocycles. The molecule has 0 saturated carbocycles. The lowest BCUT2D eigenvalue weighted by Gasteiger charge is -2.21. The van der Waals surface area contributed by atoms with Crippen LogP contribution < -0.4 is 0 Å². The second kappa shape index (κ2) is 1.94. The third kappa shape index (κ3) is 0.956. The molecule has 0 aromatic rings. The van der Waals surface area contributed by atoms with Gasteiger partial charge in [-0.15, -0.1) is 0 Å². The van der Waals surface area contributed by atoms with Gasteiger partial charge in [0, 0.05) is 12.8 Å². The molecule has 1 N–H and O–H groups in total. The molecule has 0 aliphatic carbocycles. The molecule has 52 valence electrons. The highest BCUT2D eigenvalue weighted by atomic mass is 16.7. The molecule has 3 nitrogen and oxygen atoms in total. The van der Waals surface area contributed by atoms with Crippen LogP contribution in [0.3, 0.4) is 0 Å². The molecular formula is C6H10O3. The average Bonchev–Trinajstić information content (AvgIpc) is 2.11. The lowest BCUT2D eigenvalue weighted by molar-refractivity contribution is -0.116. The summed E-state index contributed by atoms with van der Waals surface area (Å²) in [6, 6.07) is 0. The molecule has 2 fully saturated rings. The molecule has 2 bridgehead atoms. The largest absolute Gasteiger partial charge is 0.393 e. The quantitative estimate of drug-likeness (QED) is 0.497. The van der Waals surface area contributed by atoms with Gasteiger partial charge in [-0.3, -0.25) is 0 Å². The van der Waals surface area contributed by atoms with Crippen molar-refractivity contribution in [3.05, 3.63) is 0 Å². The van der Waals surface area contributed by atoms with E-state index in [1.165, 1.54) is 0 Å². The monoisotopic (exact) mass is 130 g/mol. The van der Waals surface area contributed by atoms with E-state index < -0.39 is 0 Å². The van der Waals surface area contributed by atoms with Gasteiger partial charge in [0.25, 0.3) is 0 Å². The Morgan fingerprint density at radius 3 is 3.00 bits per heavy atom. The smallest absolute Gasteiger partial charge is 0.160 e. The first kappa shape index (κ1) is 5.65. The number of aliphatic hydroxyl groups excluding tert-OH is 1. The summed E-state index contributed by atoms with van der Waals surface area (Å²) in [6.45, 7) is 0.668. The van der Waals surface area contributed by atoms with E-state index in [1.54, 1.807) is 0 Å². The third-order valence-electron chi connectivity index (χ3n) is 1.81. The Bertz CT molecular complexity index is 103. The molecule has 3 unspecified atom stereocenters. The van der Waals surface area contributed by atoms with Crippen LogP contribution in [0.4, 0.5) is 0 Å². The predicted molar refractivity (Wildman–Crippen MR) is 29.9 cm³/mol. The zero-order chi connectivity index (χ0) is 6.27. The molecule has 3 atom stereocenters. The lowest BCUT2D eigenvalue weighted by atomic mass is 10.1. The Hall–Kier alpha value is -0.120. The van der Waals surface area contributed by atoms with Gasteiger partial charge in [0.2, 0.25) is 0 Å². The summed E-state index contributed by atoms with van der Waals surface area (Å²) in [5.74, 6) is 0. The van der Waals surface area contributed by atoms with Crippen molar-refractivity contribution in [3.8, 4) is 0 Å². The minimum absolute atomic E-state index is 0.112. The summed E-state index contributed by atoms with van der Waals surface area (Å²) in [5.41, 5.74) is 0. The van der Waals surface area contributed by atoms with Crippen molar-refractivity contribution in [3.63, 3.8) is 0 Å². The Morgan fingerprint density at radius 2 is 2.22 bits per heavy atom. The fourth-order valence-electron chi connectivity index (χ4n) is 1.38. The second-order valence-corrected chi connectivity index (χ2v) is 2.65. The van der Waals surface area contributed by atoms with Crippen LogP contribution in [-0.4, -0.2) is 30.2 Å². The van der Waals surface area contributed by atoms with Crippen molar-refractivity contribution >= 4 is 0 Å². The summed E-state index contributed by atoms with van der Waals surface area (Å²) in [7, 11) is 0. The topological polar surface area (TPSA) is 38.7 Å². The van der Waals surface area contributed by atoms with Crippen LogP contribution in [0.25, 0.3) is 0 Å². The van der Waals surface area contributed by atoms with E-state index in [1.807, 2.05) is 0 Å². The molecule has 0 radical (unpaired) electrons. The summed E-state index contributed by atoms with van der Waals surface area (Å²) < 4.78 is 10.5. The van der Waals surface area contributed by atoms with Gasteiger partial charge in [0.05, 0.1) is 18.8 Å². The number of hydrogen-bond donors (Lipinski definition) is 1. The number of rotatable bonds is 0. The molecule has 2 aliphatic rings. The number of aliphatic hydroxyl groups is 1.